The molecule has 2 rings (SSSR count). The minimum atomic E-state index is -0.366. The Morgan fingerprint density at radius 1 is 1.16 bits per heavy atom. The minimum Gasteiger partial charge on any atom is -0.389 e. The van der Waals surface area contributed by atoms with Gasteiger partial charge in [0.15, 0.2) is 0 Å². The number of aliphatic hydroxyl groups is 1. The Kier molecular flexibility index (Phi) is 6.57. The van der Waals surface area contributed by atoms with Gasteiger partial charge < -0.3 is 19.5 Å². The standard InChI is InChI=1S/C15H29NO3/c1-16(13-5-3-2-4-6-13)11-14(17)12-19-15-7-9-18-10-8-15/h13-15,17H,2-12H2,1H3. The molecule has 0 aromatic rings. The predicted molar refractivity (Wildman–Crippen MR) is 75.3 cm³/mol. The van der Waals surface area contributed by atoms with Crippen molar-refractivity contribution in [2.45, 2.75) is 63.2 Å². The van der Waals surface area contributed by atoms with E-state index in [0.29, 0.717) is 12.6 Å². The minimum absolute atomic E-state index is 0.281. The third-order valence-corrected chi connectivity index (χ3v) is 4.39. The van der Waals surface area contributed by atoms with Crippen LogP contribution in [0.5, 0.6) is 0 Å². The molecule has 1 aliphatic carbocycles. The predicted octanol–water partition coefficient (Wildman–Crippen LogP) is 1.81. The summed E-state index contributed by atoms with van der Waals surface area (Å²) >= 11 is 0. The number of likely N-dealkylation sites (N-methyl/N-ethyl adjacent to an activating group) is 1. The molecule has 0 radical (unpaired) electrons. The van der Waals surface area contributed by atoms with E-state index in [2.05, 4.69) is 11.9 Å². The molecule has 1 N–H and O–H groups in total. The zero-order valence-corrected chi connectivity index (χ0v) is 12.2. The summed E-state index contributed by atoms with van der Waals surface area (Å²) in [5.41, 5.74) is 0. The summed E-state index contributed by atoms with van der Waals surface area (Å²) in [5.74, 6) is 0. The number of rotatable bonds is 6. The van der Waals surface area contributed by atoms with Crippen LogP contribution in [0.15, 0.2) is 0 Å². The SMILES string of the molecule is CN(CC(O)COC1CCOCC1)C1CCCCC1. The van der Waals surface area contributed by atoms with Gasteiger partial charge in [-0.25, -0.2) is 0 Å². The molecule has 0 amide bonds. The number of hydrogen-bond donors (Lipinski definition) is 1. The van der Waals surface area contributed by atoms with E-state index in [0.717, 1.165) is 32.6 Å². The molecule has 4 nitrogen and oxygen atoms in total. The fraction of sp³-hybridized carbons (Fsp3) is 1.00. The Bertz CT molecular complexity index is 238. The fourth-order valence-corrected chi connectivity index (χ4v) is 3.15. The van der Waals surface area contributed by atoms with E-state index < -0.39 is 0 Å². The molecule has 4 heteroatoms. The van der Waals surface area contributed by atoms with Crippen molar-refractivity contribution in [3.63, 3.8) is 0 Å². The van der Waals surface area contributed by atoms with Crippen LogP contribution in [0.4, 0.5) is 0 Å². The molecule has 1 atom stereocenters. The topological polar surface area (TPSA) is 41.9 Å². The van der Waals surface area contributed by atoms with Gasteiger partial charge in [-0.3, -0.25) is 0 Å². The third kappa shape index (κ3) is 5.38. The highest BCUT2D eigenvalue weighted by atomic mass is 16.5. The molecule has 1 unspecified atom stereocenters. The van der Waals surface area contributed by atoms with E-state index in [1.165, 1.54) is 32.1 Å². The van der Waals surface area contributed by atoms with E-state index >= 15 is 0 Å². The second-order valence-electron chi connectivity index (χ2n) is 6.03. The quantitative estimate of drug-likeness (QED) is 0.800. The van der Waals surface area contributed by atoms with Crippen LogP contribution in [0.25, 0.3) is 0 Å². The molecule has 1 aliphatic heterocycles. The first-order chi connectivity index (χ1) is 9.25. The Hall–Kier alpha value is -0.160. The van der Waals surface area contributed by atoms with E-state index in [1.807, 2.05) is 0 Å². The first-order valence-corrected chi connectivity index (χ1v) is 7.83. The van der Waals surface area contributed by atoms with Crippen molar-refractivity contribution < 1.29 is 14.6 Å². The second kappa shape index (κ2) is 8.20. The molecule has 2 fully saturated rings. The lowest BCUT2D eigenvalue weighted by atomic mass is 9.94. The Labute approximate surface area is 117 Å². The van der Waals surface area contributed by atoms with E-state index in [-0.39, 0.29) is 12.2 Å². The van der Waals surface area contributed by atoms with Gasteiger partial charge in [0.2, 0.25) is 0 Å². The van der Waals surface area contributed by atoms with Crippen LogP contribution in [0.2, 0.25) is 0 Å². The highest BCUT2D eigenvalue weighted by Gasteiger charge is 2.21. The maximum Gasteiger partial charge on any atom is 0.0900 e. The zero-order chi connectivity index (χ0) is 13.5. The third-order valence-electron chi connectivity index (χ3n) is 4.39. The fourth-order valence-electron chi connectivity index (χ4n) is 3.15. The molecule has 0 bridgehead atoms. The van der Waals surface area contributed by atoms with Gasteiger partial charge in [0, 0.05) is 25.8 Å². The van der Waals surface area contributed by atoms with Gasteiger partial charge in [-0.2, -0.15) is 0 Å². The molecule has 0 aromatic carbocycles. The maximum absolute atomic E-state index is 10.1. The van der Waals surface area contributed by atoms with Gasteiger partial charge in [0.25, 0.3) is 0 Å². The first-order valence-electron chi connectivity index (χ1n) is 7.83. The molecule has 19 heavy (non-hydrogen) atoms. The number of ether oxygens (including phenoxy) is 2. The summed E-state index contributed by atoms with van der Waals surface area (Å²) in [6.45, 7) is 2.78. The molecule has 0 spiro atoms. The van der Waals surface area contributed by atoms with Crippen LogP contribution in [-0.2, 0) is 9.47 Å². The first kappa shape index (κ1) is 15.2. The van der Waals surface area contributed by atoms with Gasteiger partial charge in [0.1, 0.15) is 0 Å². The Morgan fingerprint density at radius 2 is 1.84 bits per heavy atom. The summed E-state index contributed by atoms with van der Waals surface area (Å²) in [7, 11) is 2.13. The van der Waals surface area contributed by atoms with E-state index in [1.54, 1.807) is 0 Å². The highest BCUT2D eigenvalue weighted by Crippen LogP contribution is 2.21. The van der Waals surface area contributed by atoms with Crippen LogP contribution in [-0.4, -0.2) is 61.7 Å². The molecule has 0 aromatic heterocycles. The lowest BCUT2D eigenvalue weighted by Gasteiger charge is -2.33. The van der Waals surface area contributed by atoms with Gasteiger partial charge in [0.05, 0.1) is 18.8 Å². The van der Waals surface area contributed by atoms with Gasteiger partial charge in [-0.15, -0.1) is 0 Å². The molecule has 2 aliphatic rings. The molecule has 1 saturated heterocycles. The summed E-state index contributed by atoms with van der Waals surface area (Å²) in [4.78, 5) is 2.32. The molecular formula is C15H29NO3. The maximum atomic E-state index is 10.1. The van der Waals surface area contributed by atoms with Gasteiger partial charge in [-0.1, -0.05) is 19.3 Å². The zero-order valence-electron chi connectivity index (χ0n) is 12.2. The van der Waals surface area contributed by atoms with Crippen LogP contribution in [0.1, 0.15) is 44.9 Å². The average molecular weight is 271 g/mol. The van der Waals surface area contributed by atoms with Crippen molar-refractivity contribution in [3.8, 4) is 0 Å². The van der Waals surface area contributed by atoms with Crippen molar-refractivity contribution >= 4 is 0 Å². The van der Waals surface area contributed by atoms with E-state index in [9.17, 15) is 5.11 Å². The summed E-state index contributed by atoms with van der Waals surface area (Å²) in [5, 5.41) is 10.1. The second-order valence-corrected chi connectivity index (χ2v) is 6.03. The van der Waals surface area contributed by atoms with Crippen molar-refractivity contribution in [3.05, 3.63) is 0 Å². The molecular weight excluding hydrogens is 242 g/mol. The van der Waals surface area contributed by atoms with Crippen LogP contribution >= 0.6 is 0 Å². The number of hydrogen-bond acceptors (Lipinski definition) is 4. The van der Waals surface area contributed by atoms with Crippen LogP contribution < -0.4 is 0 Å². The van der Waals surface area contributed by atoms with Crippen molar-refractivity contribution in [1.82, 2.24) is 4.90 Å². The highest BCUT2D eigenvalue weighted by molar-refractivity contribution is 4.75. The van der Waals surface area contributed by atoms with Crippen molar-refractivity contribution in [2.75, 3.05) is 33.4 Å². The van der Waals surface area contributed by atoms with Crippen LogP contribution in [0.3, 0.4) is 0 Å². The molecule has 112 valence electrons. The van der Waals surface area contributed by atoms with Crippen LogP contribution in [0, 0.1) is 0 Å². The molecule has 1 saturated carbocycles. The van der Waals surface area contributed by atoms with Crippen molar-refractivity contribution in [2.24, 2.45) is 0 Å². The number of nitrogens with zero attached hydrogens (tertiary/aromatic N) is 1. The Morgan fingerprint density at radius 3 is 2.53 bits per heavy atom. The lowest BCUT2D eigenvalue weighted by Crippen LogP contribution is -2.40. The van der Waals surface area contributed by atoms with Gasteiger partial charge >= 0.3 is 0 Å². The summed E-state index contributed by atoms with van der Waals surface area (Å²) < 4.78 is 11.1. The largest absolute Gasteiger partial charge is 0.389 e. The van der Waals surface area contributed by atoms with Crippen molar-refractivity contribution in [1.29, 1.82) is 0 Å². The number of aliphatic hydroxyl groups excluding tert-OH is 1. The monoisotopic (exact) mass is 271 g/mol. The smallest absolute Gasteiger partial charge is 0.0900 e. The average Bonchev–Trinajstić information content (AvgIpc) is 2.47. The lowest BCUT2D eigenvalue weighted by molar-refractivity contribution is -0.0652. The normalized spacial score (nSPS) is 24.8. The summed E-state index contributed by atoms with van der Waals surface area (Å²) in [6.07, 6.45) is 8.45. The Balaban J connectivity index is 1.61. The molecule has 1 heterocycles. The van der Waals surface area contributed by atoms with E-state index in [4.69, 9.17) is 9.47 Å². The van der Waals surface area contributed by atoms with Gasteiger partial charge in [-0.05, 0) is 32.7 Å². The summed E-state index contributed by atoms with van der Waals surface area (Å²) in [6, 6.07) is 0.659.